The number of benzene rings is 2. The number of hydrogen-bond acceptors (Lipinski definition) is 4. The molecular weight excluding hydrogens is 396 g/mol. The Morgan fingerprint density at radius 2 is 1.83 bits per heavy atom. The molecule has 0 radical (unpaired) electrons. The van der Waals surface area contributed by atoms with Crippen LogP contribution < -0.4 is 5.32 Å². The molecule has 6 nitrogen and oxygen atoms in total. The largest absolute Gasteiger partial charge is 0.507 e. The topological polar surface area (TPSA) is 86.7 Å². The Kier molecular flexibility index (Phi) is 5.32. The minimum Gasteiger partial charge on any atom is -0.507 e. The normalized spacial score (nSPS) is 11.5. The first-order chi connectivity index (χ1) is 11.1. The zero-order valence-electron chi connectivity index (χ0n) is 13.4. The monoisotopic (exact) mass is 412 g/mol. The van der Waals surface area contributed by atoms with Gasteiger partial charge in [-0.1, -0.05) is 22.0 Å². The Bertz CT molecular complexity index is 895. The summed E-state index contributed by atoms with van der Waals surface area (Å²) in [6, 6.07) is 9.12. The number of phenolic OH excluding ortho intramolecular Hbond substituents is 1. The summed E-state index contributed by atoms with van der Waals surface area (Å²) in [4.78, 5) is 12.4. The predicted molar refractivity (Wildman–Crippen MR) is 95.8 cm³/mol. The molecule has 0 saturated carbocycles. The lowest BCUT2D eigenvalue weighted by atomic mass is 10.1. The van der Waals surface area contributed by atoms with Crippen LogP contribution in [-0.2, 0) is 10.0 Å². The van der Waals surface area contributed by atoms with Gasteiger partial charge >= 0.3 is 0 Å². The molecule has 128 valence electrons. The molecule has 24 heavy (non-hydrogen) atoms. The molecule has 1 amide bonds. The van der Waals surface area contributed by atoms with E-state index in [9.17, 15) is 18.3 Å². The van der Waals surface area contributed by atoms with E-state index in [0.29, 0.717) is 15.7 Å². The van der Waals surface area contributed by atoms with Crippen LogP contribution in [0.2, 0.25) is 0 Å². The highest BCUT2D eigenvalue weighted by atomic mass is 79.9. The van der Waals surface area contributed by atoms with Crippen molar-refractivity contribution in [3.8, 4) is 5.75 Å². The average Bonchev–Trinajstić information content (AvgIpc) is 2.51. The van der Waals surface area contributed by atoms with Crippen LogP contribution in [0, 0.1) is 6.92 Å². The van der Waals surface area contributed by atoms with Crippen molar-refractivity contribution >= 4 is 37.5 Å². The molecule has 0 spiro atoms. The van der Waals surface area contributed by atoms with Crippen LogP contribution in [-0.4, -0.2) is 37.8 Å². The van der Waals surface area contributed by atoms with Gasteiger partial charge in [-0.05, 0) is 42.8 Å². The summed E-state index contributed by atoms with van der Waals surface area (Å²) in [5, 5.41) is 12.4. The lowest BCUT2D eigenvalue weighted by Crippen LogP contribution is -2.23. The number of hydrogen-bond donors (Lipinski definition) is 2. The van der Waals surface area contributed by atoms with Crippen LogP contribution in [0.25, 0.3) is 0 Å². The van der Waals surface area contributed by atoms with E-state index in [0.717, 1.165) is 4.31 Å². The lowest BCUT2D eigenvalue weighted by molar-refractivity contribution is 0.102. The zero-order chi connectivity index (χ0) is 18.1. The van der Waals surface area contributed by atoms with E-state index in [1.807, 2.05) is 0 Å². The molecule has 0 aromatic heterocycles. The molecule has 2 aromatic carbocycles. The van der Waals surface area contributed by atoms with Gasteiger partial charge in [0, 0.05) is 24.3 Å². The number of sulfonamides is 1. The summed E-state index contributed by atoms with van der Waals surface area (Å²) in [6.45, 7) is 1.68. The highest BCUT2D eigenvalue weighted by molar-refractivity contribution is 9.10. The van der Waals surface area contributed by atoms with Crippen LogP contribution in [0.3, 0.4) is 0 Å². The molecule has 2 N–H and O–H groups in total. The van der Waals surface area contributed by atoms with Gasteiger partial charge in [-0.3, -0.25) is 4.79 Å². The fourth-order valence-electron chi connectivity index (χ4n) is 2.04. The predicted octanol–water partition coefficient (Wildman–Crippen LogP) is 2.97. The second kappa shape index (κ2) is 6.92. The summed E-state index contributed by atoms with van der Waals surface area (Å²) >= 11 is 3.24. The maximum absolute atomic E-state index is 12.3. The summed E-state index contributed by atoms with van der Waals surface area (Å²) < 4.78 is 26.4. The molecule has 0 aliphatic heterocycles. The number of phenols is 1. The Balaban J connectivity index is 2.38. The number of nitrogens with one attached hydrogen (secondary N) is 1. The van der Waals surface area contributed by atoms with E-state index >= 15 is 0 Å². The first kappa shape index (κ1) is 18.4. The molecule has 0 fully saturated rings. The number of anilines is 1. The maximum atomic E-state index is 12.3. The van der Waals surface area contributed by atoms with Gasteiger partial charge in [-0.2, -0.15) is 0 Å². The second-order valence-electron chi connectivity index (χ2n) is 5.38. The number of halogens is 1. The molecule has 0 unspecified atom stereocenters. The highest BCUT2D eigenvalue weighted by Crippen LogP contribution is 2.25. The Morgan fingerprint density at radius 1 is 1.17 bits per heavy atom. The summed E-state index contributed by atoms with van der Waals surface area (Å²) in [5.41, 5.74) is 0.986. The average molecular weight is 413 g/mol. The van der Waals surface area contributed by atoms with Crippen molar-refractivity contribution in [2.75, 3.05) is 19.4 Å². The van der Waals surface area contributed by atoms with E-state index < -0.39 is 15.9 Å². The Morgan fingerprint density at radius 3 is 2.46 bits per heavy atom. The maximum Gasteiger partial charge on any atom is 0.259 e. The molecule has 2 rings (SSSR count). The van der Waals surface area contributed by atoms with E-state index in [1.54, 1.807) is 25.1 Å². The quantitative estimate of drug-likeness (QED) is 0.807. The van der Waals surface area contributed by atoms with Crippen molar-refractivity contribution in [1.82, 2.24) is 4.31 Å². The van der Waals surface area contributed by atoms with Gasteiger partial charge in [0.05, 0.1) is 10.5 Å². The highest BCUT2D eigenvalue weighted by Gasteiger charge is 2.21. The molecule has 8 heteroatoms. The molecular formula is C16H17BrN2O4S. The molecule has 0 atom stereocenters. The van der Waals surface area contributed by atoms with Crippen molar-refractivity contribution in [3.05, 3.63) is 52.0 Å². The Hall–Kier alpha value is -1.90. The fourth-order valence-corrected chi connectivity index (χ4v) is 3.55. The Labute approximate surface area is 149 Å². The van der Waals surface area contributed by atoms with Gasteiger partial charge in [0.2, 0.25) is 10.0 Å². The number of amides is 1. The number of aryl methyl sites for hydroxylation is 1. The van der Waals surface area contributed by atoms with Gasteiger partial charge in [0.1, 0.15) is 5.75 Å². The van der Waals surface area contributed by atoms with Gasteiger partial charge in [-0.15, -0.1) is 0 Å². The molecule has 0 saturated heterocycles. The third-order valence-corrected chi connectivity index (χ3v) is 5.86. The van der Waals surface area contributed by atoms with Gasteiger partial charge in [0.15, 0.2) is 0 Å². The SMILES string of the molecule is Cc1ccc(NC(=O)c2cc(Br)ccc2O)cc1S(=O)(=O)N(C)C. The molecule has 0 aliphatic carbocycles. The standard InChI is InChI=1S/C16H17BrN2O4S/c1-10-4-6-12(9-15(10)24(22,23)19(2)3)18-16(21)13-8-11(17)5-7-14(13)20/h4-9,20H,1-3H3,(H,18,21). The fraction of sp³-hybridized carbons (Fsp3) is 0.188. The number of carbonyl (C=O) groups excluding carboxylic acids is 1. The van der Waals surface area contributed by atoms with E-state index in [4.69, 9.17) is 0 Å². The minimum absolute atomic E-state index is 0.0852. The van der Waals surface area contributed by atoms with Crippen molar-refractivity contribution in [2.45, 2.75) is 11.8 Å². The lowest BCUT2D eigenvalue weighted by Gasteiger charge is -2.15. The molecule has 0 aliphatic rings. The van der Waals surface area contributed by atoms with Gasteiger partial charge in [-0.25, -0.2) is 12.7 Å². The van der Waals surface area contributed by atoms with Crippen LogP contribution in [0.1, 0.15) is 15.9 Å². The molecule has 2 aromatic rings. The van der Waals surface area contributed by atoms with Crippen LogP contribution >= 0.6 is 15.9 Å². The number of rotatable bonds is 4. The molecule has 0 bridgehead atoms. The number of nitrogens with zero attached hydrogens (tertiary/aromatic N) is 1. The van der Waals surface area contributed by atoms with Crippen molar-refractivity contribution in [3.63, 3.8) is 0 Å². The number of carbonyl (C=O) groups is 1. The third-order valence-electron chi connectivity index (χ3n) is 3.41. The van der Waals surface area contributed by atoms with Gasteiger partial charge in [0.25, 0.3) is 5.91 Å². The smallest absolute Gasteiger partial charge is 0.259 e. The van der Waals surface area contributed by atoms with Crippen molar-refractivity contribution < 1.29 is 18.3 Å². The summed E-state index contributed by atoms with van der Waals surface area (Å²) in [7, 11) is -0.732. The summed E-state index contributed by atoms with van der Waals surface area (Å²) in [6.07, 6.45) is 0. The van der Waals surface area contributed by atoms with Crippen LogP contribution in [0.5, 0.6) is 5.75 Å². The van der Waals surface area contributed by atoms with E-state index in [1.165, 1.54) is 32.3 Å². The van der Waals surface area contributed by atoms with Crippen molar-refractivity contribution in [1.29, 1.82) is 0 Å². The summed E-state index contributed by atoms with van der Waals surface area (Å²) in [5.74, 6) is -0.699. The van der Waals surface area contributed by atoms with Crippen LogP contribution in [0.15, 0.2) is 45.8 Å². The molecule has 0 heterocycles. The van der Waals surface area contributed by atoms with E-state index in [-0.39, 0.29) is 16.2 Å². The number of aromatic hydroxyl groups is 1. The van der Waals surface area contributed by atoms with Crippen molar-refractivity contribution in [2.24, 2.45) is 0 Å². The van der Waals surface area contributed by atoms with E-state index in [2.05, 4.69) is 21.2 Å². The zero-order valence-corrected chi connectivity index (χ0v) is 15.8. The van der Waals surface area contributed by atoms with Crippen LogP contribution in [0.4, 0.5) is 5.69 Å². The third kappa shape index (κ3) is 3.77. The minimum atomic E-state index is -3.62. The second-order valence-corrected chi connectivity index (χ2v) is 8.42. The van der Waals surface area contributed by atoms with Gasteiger partial charge < -0.3 is 10.4 Å². The first-order valence-electron chi connectivity index (χ1n) is 6.96. The first-order valence-corrected chi connectivity index (χ1v) is 9.19.